The van der Waals surface area contributed by atoms with Crippen LogP contribution in [0.25, 0.3) is 0 Å². The Labute approximate surface area is 97.6 Å². The van der Waals surface area contributed by atoms with E-state index in [0.717, 1.165) is 0 Å². The van der Waals surface area contributed by atoms with E-state index in [0.29, 0.717) is 13.0 Å². The highest BCUT2D eigenvalue weighted by Gasteiger charge is 2.36. The topological polar surface area (TPSA) is 40.6 Å². The maximum atomic E-state index is 12.0. The fourth-order valence-corrected chi connectivity index (χ4v) is 1.94. The third kappa shape index (κ3) is 2.54. The van der Waals surface area contributed by atoms with E-state index in [1.54, 1.807) is 16.8 Å². The number of amides is 2. The molecule has 0 aromatic rings. The lowest BCUT2D eigenvalue weighted by Crippen LogP contribution is -2.39. The van der Waals surface area contributed by atoms with Crippen molar-refractivity contribution in [3.8, 4) is 0 Å². The van der Waals surface area contributed by atoms with E-state index in [4.69, 9.17) is 0 Å². The minimum atomic E-state index is -0.151. The molecular formula is C12H22N2O2. The minimum Gasteiger partial charge on any atom is -0.343 e. The molecule has 0 saturated carbocycles. The second kappa shape index (κ2) is 4.85. The number of nitrogens with zero attached hydrogens (tertiary/aromatic N) is 2. The maximum Gasteiger partial charge on any atom is 0.227 e. The smallest absolute Gasteiger partial charge is 0.227 e. The largest absolute Gasteiger partial charge is 0.343 e. The summed E-state index contributed by atoms with van der Waals surface area (Å²) >= 11 is 0. The van der Waals surface area contributed by atoms with Gasteiger partial charge in [0.2, 0.25) is 11.8 Å². The molecule has 0 aromatic carbocycles. The van der Waals surface area contributed by atoms with Gasteiger partial charge in [-0.15, -0.1) is 0 Å². The molecule has 0 bridgehead atoms. The summed E-state index contributed by atoms with van der Waals surface area (Å²) in [5.74, 6) is 0.0410. The molecule has 92 valence electrons. The molecule has 1 heterocycles. The Morgan fingerprint density at radius 2 is 1.94 bits per heavy atom. The molecule has 4 heteroatoms. The van der Waals surface area contributed by atoms with Gasteiger partial charge in [-0.1, -0.05) is 0 Å². The number of carbonyl (C=O) groups is 2. The summed E-state index contributed by atoms with van der Waals surface area (Å²) in [7, 11) is 1.80. The number of carbonyl (C=O) groups excluding carboxylic acids is 2. The highest BCUT2D eigenvalue weighted by atomic mass is 16.2. The minimum absolute atomic E-state index is 0.0894. The SMILES string of the molecule is CC(C)N(C)C(=O)[C@H]1CC(=O)N(C(C)C)C1. The molecule has 1 aliphatic heterocycles. The third-order valence-corrected chi connectivity index (χ3v) is 3.25. The Hall–Kier alpha value is -1.06. The van der Waals surface area contributed by atoms with Gasteiger partial charge in [0.05, 0.1) is 5.92 Å². The molecule has 1 rings (SSSR count). The lowest BCUT2D eigenvalue weighted by molar-refractivity contribution is -0.136. The monoisotopic (exact) mass is 226 g/mol. The third-order valence-electron chi connectivity index (χ3n) is 3.25. The van der Waals surface area contributed by atoms with E-state index in [-0.39, 0.29) is 29.8 Å². The van der Waals surface area contributed by atoms with Crippen LogP contribution in [0.4, 0.5) is 0 Å². The van der Waals surface area contributed by atoms with E-state index < -0.39 is 0 Å². The van der Waals surface area contributed by atoms with Crippen LogP contribution >= 0.6 is 0 Å². The Morgan fingerprint density at radius 1 is 1.38 bits per heavy atom. The molecule has 1 saturated heterocycles. The lowest BCUT2D eigenvalue weighted by Gasteiger charge is -2.25. The number of likely N-dealkylation sites (tertiary alicyclic amines) is 1. The van der Waals surface area contributed by atoms with Gasteiger partial charge < -0.3 is 9.80 Å². The van der Waals surface area contributed by atoms with Crippen LogP contribution in [0.2, 0.25) is 0 Å². The first-order valence-electron chi connectivity index (χ1n) is 5.90. The van der Waals surface area contributed by atoms with Gasteiger partial charge >= 0.3 is 0 Å². The summed E-state index contributed by atoms with van der Waals surface area (Å²) in [4.78, 5) is 27.2. The molecular weight excluding hydrogens is 204 g/mol. The van der Waals surface area contributed by atoms with Crippen molar-refractivity contribution >= 4 is 11.8 Å². The molecule has 0 spiro atoms. The van der Waals surface area contributed by atoms with Crippen molar-refractivity contribution < 1.29 is 9.59 Å². The molecule has 1 aliphatic rings. The molecule has 1 atom stereocenters. The van der Waals surface area contributed by atoms with Crippen LogP contribution in [-0.4, -0.2) is 47.3 Å². The van der Waals surface area contributed by atoms with Gasteiger partial charge in [0.25, 0.3) is 0 Å². The quantitative estimate of drug-likeness (QED) is 0.723. The summed E-state index contributed by atoms with van der Waals surface area (Å²) in [6.45, 7) is 8.50. The first-order chi connectivity index (χ1) is 7.34. The fraction of sp³-hybridized carbons (Fsp3) is 0.833. The molecule has 1 fully saturated rings. The van der Waals surface area contributed by atoms with Crippen molar-refractivity contribution in [2.45, 2.75) is 46.2 Å². The number of hydrogen-bond donors (Lipinski definition) is 0. The van der Waals surface area contributed by atoms with Crippen LogP contribution < -0.4 is 0 Å². The van der Waals surface area contributed by atoms with Crippen LogP contribution in [0.3, 0.4) is 0 Å². The van der Waals surface area contributed by atoms with E-state index in [1.807, 2.05) is 27.7 Å². The first-order valence-corrected chi connectivity index (χ1v) is 5.90. The van der Waals surface area contributed by atoms with Crippen LogP contribution in [0, 0.1) is 5.92 Å². The van der Waals surface area contributed by atoms with Gasteiger partial charge in [-0.05, 0) is 27.7 Å². The lowest BCUT2D eigenvalue weighted by atomic mass is 10.1. The van der Waals surface area contributed by atoms with E-state index in [9.17, 15) is 9.59 Å². The Kier molecular flexibility index (Phi) is 3.94. The Morgan fingerprint density at radius 3 is 2.31 bits per heavy atom. The molecule has 0 unspecified atom stereocenters. The van der Waals surface area contributed by atoms with Gasteiger partial charge in [-0.25, -0.2) is 0 Å². The summed E-state index contributed by atoms with van der Waals surface area (Å²) in [6, 6.07) is 0.380. The molecule has 2 amide bonds. The maximum absolute atomic E-state index is 12.0. The fourth-order valence-electron chi connectivity index (χ4n) is 1.94. The van der Waals surface area contributed by atoms with Gasteiger partial charge in [-0.3, -0.25) is 9.59 Å². The zero-order chi connectivity index (χ0) is 12.5. The van der Waals surface area contributed by atoms with Gasteiger partial charge in [-0.2, -0.15) is 0 Å². The van der Waals surface area contributed by atoms with Crippen molar-refractivity contribution in [2.75, 3.05) is 13.6 Å². The number of hydrogen-bond acceptors (Lipinski definition) is 2. The first kappa shape index (κ1) is 13.0. The van der Waals surface area contributed by atoms with E-state index >= 15 is 0 Å². The van der Waals surface area contributed by atoms with E-state index in [1.165, 1.54) is 0 Å². The summed E-state index contributed by atoms with van der Waals surface area (Å²) in [6.07, 6.45) is 0.369. The molecule has 16 heavy (non-hydrogen) atoms. The zero-order valence-corrected chi connectivity index (χ0v) is 10.9. The predicted octanol–water partition coefficient (Wildman–Crippen LogP) is 1.11. The van der Waals surface area contributed by atoms with Crippen molar-refractivity contribution in [1.29, 1.82) is 0 Å². The molecule has 4 nitrogen and oxygen atoms in total. The van der Waals surface area contributed by atoms with E-state index in [2.05, 4.69) is 0 Å². The summed E-state index contributed by atoms with van der Waals surface area (Å²) in [5.41, 5.74) is 0. The van der Waals surface area contributed by atoms with Crippen LogP contribution in [0.5, 0.6) is 0 Å². The Balaban J connectivity index is 2.65. The molecule has 0 aromatic heterocycles. The highest BCUT2D eigenvalue weighted by Crippen LogP contribution is 2.22. The summed E-state index contributed by atoms with van der Waals surface area (Å²) < 4.78 is 0. The summed E-state index contributed by atoms with van der Waals surface area (Å²) in [5, 5.41) is 0. The Bertz CT molecular complexity index is 287. The second-order valence-corrected chi connectivity index (χ2v) is 5.08. The molecule has 0 aliphatic carbocycles. The van der Waals surface area contributed by atoms with Crippen molar-refractivity contribution in [1.82, 2.24) is 9.80 Å². The van der Waals surface area contributed by atoms with Crippen LogP contribution in [-0.2, 0) is 9.59 Å². The average molecular weight is 226 g/mol. The second-order valence-electron chi connectivity index (χ2n) is 5.08. The standard InChI is InChI=1S/C12H22N2O2/c1-8(2)13(5)12(16)10-6-11(15)14(7-10)9(3)4/h8-10H,6-7H2,1-5H3/t10-/m0/s1. The van der Waals surface area contributed by atoms with Gasteiger partial charge in [0.1, 0.15) is 0 Å². The normalized spacial score (nSPS) is 21.1. The number of rotatable bonds is 3. The van der Waals surface area contributed by atoms with Crippen molar-refractivity contribution in [2.24, 2.45) is 5.92 Å². The van der Waals surface area contributed by atoms with Gasteiger partial charge in [0.15, 0.2) is 0 Å². The van der Waals surface area contributed by atoms with Crippen molar-refractivity contribution in [3.63, 3.8) is 0 Å². The molecule has 0 N–H and O–H groups in total. The van der Waals surface area contributed by atoms with Gasteiger partial charge in [0, 0.05) is 32.1 Å². The van der Waals surface area contributed by atoms with Crippen LogP contribution in [0.1, 0.15) is 34.1 Å². The zero-order valence-electron chi connectivity index (χ0n) is 10.9. The predicted molar refractivity (Wildman–Crippen MR) is 62.9 cm³/mol. The average Bonchev–Trinajstić information content (AvgIpc) is 2.58. The van der Waals surface area contributed by atoms with Crippen LogP contribution in [0.15, 0.2) is 0 Å². The highest BCUT2D eigenvalue weighted by molar-refractivity contribution is 5.89. The van der Waals surface area contributed by atoms with Crippen molar-refractivity contribution in [3.05, 3.63) is 0 Å². The molecule has 0 radical (unpaired) electrons.